The highest BCUT2D eigenvalue weighted by molar-refractivity contribution is 7.98. The summed E-state index contributed by atoms with van der Waals surface area (Å²) >= 11 is 1.73. The number of rotatable bonds is 4. The zero-order chi connectivity index (χ0) is 15.5. The average Bonchev–Trinajstić information content (AvgIpc) is 2.96. The van der Waals surface area contributed by atoms with Crippen LogP contribution in [-0.2, 0) is 10.5 Å². The summed E-state index contributed by atoms with van der Waals surface area (Å²) in [5.74, 6) is 0.447. The first kappa shape index (κ1) is 14.7. The largest absolute Gasteiger partial charge is 0.464 e. The molecular formula is C17H16N2O2S. The summed E-state index contributed by atoms with van der Waals surface area (Å²) in [5, 5.41) is 7.88. The molecule has 0 unspecified atom stereocenters. The van der Waals surface area contributed by atoms with E-state index < -0.39 is 5.97 Å². The Morgan fingerprint density at radius 1 is 1.27 bits per heavy atom. The molecule has 0 saturated heterocycles. The van der Waals surface area contributed by atoms with Gasteiger partial charge in [0.05, 0.1) is 12.6 Å². The monoisotopic (exact) mass is 312 g/mol. The molecule has 0 saturated carbocycles. The fourth-order valence-electron chi connectivity index (χ4n) is 2.33. The third-order valence-corrected chi connectivity index (χ3v) is 4.51. The van der Waals surface area contributed by atoms with Crippen LogP contribution in [0, 0.1) is 6.92 Å². The minimum absolute atomic E-state index is 0.336. The second-order valence-electron chi connectivity index (χ2n) is 5.02. The normalized spacial score (nSPS) is 10.8. The Labute approximate surface area is 132 Å². The van der Waals surface area contributed by atoms with Crippen molar-refractivity contribution in [3.05, 3.63) is 59.3 Å². The van der Waals surface area contributed by atoms with Crippen LogP contribution in [0.3, 0.4) is 0 Å². The molecule has 112 valence electrons. The molecule has 1 heterocycles. The van der Waals surface area contributed by atoms with Crippen molar-refractivity contribution in [2.75, 3.05) is 7.11 Å². The lowest BCUT2D eigenvalue weighted by atomic mass is 10.1. The Morgan fingerprint density at radius 3 is 2.77 bits per heavy atom. The number of aromatic amines is 1. The van der Waals surface area contributed by atoms with Gasteiger partial charge < -0.3 is 4.74 Å². The van der Waals surface area contributed by atoms with Crippen LogP contribution in [0.4, 0.5) is 0 Å². The number of fused-ring (bicyclic) bond motifs is 1. The minimum Gasteiger partial charge on any atom is -0.464 e. The first-order chi connectivity index (χ1) is 10.7. The SMILES string of the molecule is COC(=O)c1n[nH]c2c(SCc3ccccc3)cc(C)cc12. The van der Waals surface area contributed by atoms with E-state index in [1.165, 1.54) is 12.7 Å². The first-order valence-electron chi connectivity index (χ1n) is 6.93. The van der Waals surface area contributed by atoms with E-state index in [0.717, 1.165) is 27.1 Å². The Morgan fingerprint density at radius 2 is 2.05 bits per heavy atom. The Bertz CT molecular complexity index is 812. The molecular weight excluding hydrogens is 296 g/mol. The van der Waals surface area contributed by atoms with Gasteiger partial charge in [0.15, 0.2) is 5.69 Å². The summed E-state index contributed by atoms with van der Waals surface area (Å²) in [7, 11) is 1.36. The number of nitrogens with zero attached hydrogens (tertiary/aromatic N) is 1. The van der Waals surface area contributed by atoms with Gasteiger partial charge in [-0.05, 0) is 30.2 Å². The van der Waals surface area contributed by atoms with Crippen molar-refractivity contribution in [3.63, 3.8) is 0 Å². The molecule has 3 rings (SSSR count). The Balaban J connectivity index is 1.96. The van der Waals surface area contributed by atoms with E-state index in [-0.39, 0.29) is 0 Å². The molecule has 2 aromatic carbocycles. The molecule has 0 aliphatic carbocycles. The lowest BCUT2D eigenvalue weighted by Gasteiger charge is -2.05. The summed E-state index contributed by atoms with van der Waals surface area (Å²) in [6.07, 6.45) is 0. The topological polar surface area (TPSA) is 55.0 Å². The number of benzene rings is 2. The standard InChI is InChI=1S/C17H16N2O2S/c1-11-8-13-15(18-19-16(13)17(20)21-2)14(9-11)22-10-12-6-4-3-5-7-12/h3-9H,10H2,1-2H3,(H,18,19). The molecule has 22 heavy (non-hydrogen) atoms. The quantitative estimate of drug-likeness (QED) is 0.585. The summed E-state index contributed by atoms with van der Waals surface area (Å²) in [6, 6.07) is 14.4. The van der Waals surface area contributed by atoms with Crippen molar-refractivity contribution < 1.29 is 9.53 Å². The summed E-state index contributed by atoms with van der Waals surface area (Å²) in [6.45, 7) is 2.01. The van der Waals surface area contributed by atoms with Gasteiger partial charge in [0, 0.05) is 16.0 Å². The van der Waals surface area contributed by atoms with Crippen molar-refractivity contribution in [1.82, 2.24) is 10.2 Å². The lowest BCUT2D eigenvalue weighted by molar-refractivity contribution is 0.0596. The number of aryl methyl sites for hydroxylation is 1. The zero-order valence-electron chi connectivity index (χ0n) is 12.4. The van der Waals surface area contributed by atoms with Gasteiger partial charge in [0.2, 0.25) is 0 Å². The van der Waals surface area contributed by atoms with Gasteiger partial charge >= 0.3 is 5.97 Å². The second kappa shape index (κ2) is 6.23. The Kier molecular flexibility index (Phi) is 4.15. The number of hydrogen-bond donors (Lipinski definition) is 1. The molecule has 5 heteroatoms. The highest BCUT2D eigenvalue weighted by atomic mass is 32.2. The van der Waals surface area contributed by atoms with Crippen molar-refractivity contribution in [2.24, 2.45) is 0 Å². The zero-order valence-corrected chi connectivity index (χ0v) is 13.2. The summed E-state index contributed by atoms with van der Waals surface area (Å²) in [5.41, 5.74) is 3.57. The summed E-state index contributed by atoms with van der Waals surface area (Å²) < 4.78 is 4.78. The lowest BCUT2D eigenvalue weighted by Crippen LogP contribution is -2.01. The maximum Gasteiger partial charge on any atom is 0.359 e. The molecule has 3 aromatic rings. The van der Waals surface area contributed by atoms with Crippen LogP contribution in [0.15, 0.2) is 47.4 Å². The number of nitrogens with one attached hydrogen (secondary N) is 1. The van der Waals surface area contributed by atoms with Crippen molar-refractivity contribution in [2.45, 2.75) is 17.6 Å². The molecule has 0 fully saturated rings. The second-order valence-corrected chi connectivity index (χ2v) is 6.04. The van der Waals surface area contributed by atoms with E-state index in [1.807, 2.05) is 31.2 Å². The number of methoxy groups -OCH3 is 1. The maximum atomic E-state index is 11.8. The number of aromatic nitrogens is 2. The molecule has 0 aliphatic heterocycles. The number of esters is 1. The number of H-pyrrole nitrogens is 1. The van der Waals surface area contributed by atoms with Gasteiger partial charge in [-0.1, -0.05) is 30.3 Å². The van der Waals surface area contributed by atoms with E-state index >= 15 is 0 Å². The molecule has 0 aliphatic rings. The van der Waals surface area contributed by atoms with Gasteiger partial charge in [-0.2, -0.15) is 5.10 Å². The number of ether oxygens (including phenoxy) is 1. The van der Waals surface area contributed by atoms with Gasteiger partial charge in [-0.3, -0.25) is 5.10 Å². The van der Waals surface area contributed by atoms with E-state index in [0.29, 0.717) is 5.69 Å². The third-order valence-electron chi connectivity index (χ3n) is 3.40. The van der Waals surface area contributed by atoms with Crippen LogP contribution in [0.1, 0.15) is 21.6 Å². The molecule has 1 N–H and O–H groups in total. The van der Waals surface area contributed by atoms with Gasteiger partial charge in [-0.15, -0.1) is 11.8 Å². The molecule has 4 nitrogen and oxygen atoms in total. The van der Waals surface area contributed by atoms with Crippen molar-refractivity contribution >= 4 is 28.6 Å². The van der Waals surface area contributed by atoms with Crippen molar-refractivity contribution in [1.29, 1.82) is 0 Å². The van der Waals surface area contributed by atoms with Gasteiger partial charge in [0.1, 0.15) is 0 Å². The molecule has 0 radical (unpaired) electrons. The Hall–Kier alpha value is -2.27. The van der Waals surface area contributed by atoms with Crippen LogP contribution >= 0.6 is 11.8 Å². The number of carbonyl (C=O) groups excluding carboxylic acids is 1. The van der Waals surface area contributed by atoms with Crippen LogP contribution in [0.5, 0.6) is 0 Å². The first-order valence-corrected chi connectivity index (χ1v) is 7.91. The van der Waals surface area contributed by atoms with Gasteiger partial charge in [-0.25, -0.2) is 4.79 Å². The highest BCUT2D eigenvalue weighted by Gasteiger charge is 2.17. The molecule has 1 aromatic heterocycles. The number of carbonyl (C=O) groups is 1. The average molecular weight is 312 g/mol. The smallest absolute Gasteiger partial charge is 0.359 e. The predicted octanol–water partition coefficient (Wildman–Crippen LogP) is 3.95. The van der Waals surface area contributed by atoms with E-state index in [4.69, 9.17) is 4.74 Å². The number of hydrogen-bond acceptors (Lipinski definition) is 4. The fourth-order valence-corrected chi connectivity index (χ4v) is 3.41. The van der Waals surface area contributed by atoms with Crippen LogP contribution in [0.25, 0.3) is 10.9 Å². The van der Waals surface area contributed by atoms with E-state index in [1.54, 1.807) is 11.8 Å². The minimum atomic E-state index is -0.421. The predicted molar refractivity (Wildman–Crippen MR) is 88.2 cm³/mol. The van der Waals surface area contributed by atoms with Crippen LogP contribution in [0.2, 0.25) is 0 Å². The molecule has 0 atom stereocenters. The molecule has 0 amide bonds. The number of thioether (sulfide) groups is 1. The van der Waals surface area contributed by atoms with E-state index in [2.05, 4.69) is 28.4 Å². The van der Waals surface area contributed by atoms with Gasteiger partial charge in [0.25, 0.3) is 0 Å². The highest BCUT2D eigenvalue weighted by Crippen LogP contribution is 2.32. The summed E-state index contributed by atoms with van der Waals surface area (Å²) in [4.78, 5) is 12.9. The van der Waals surface area contributed by atoms with Crippen LogP contribution in [-0.4, -0.2) is 23.3 Å². The fraction of sp³-hybridized carbons (Fsp3) is 0.176. The molecule has 0 bridgehead atoms. The van der Waals surface area contributed by atoms with Crippen molar-refractivity contribution in [3.8, 4) is 0 Å². The van der Waals surface area contributed by atoms with E-state index in [9.17, 15) is 4.79 Å². The van der Waals surface area contributed by atoms with Crippen LogP contribution < -0.4 is 0 Å². The molecule has 0 spiro atoms. The maximum absolute atomic E-state index is 11.8. The third kappa shape index (κ3) is 2.85.